The molecule has 0 bridgehead atoms. The number of rotatable bonds is 4. The van der Waals surface area contributed by atoms with Crippen molar-refractivity contribution in [2.24, 2.45) is 5.73 Å². The summed E-state index contributed by atoms with van der Waals surface area (Å²) >= 11 is 0. The maximum atomic E-state index is 10.8. The molecule has 0 saturated heterocycles. The molecule has 3 N–H and O–H groups in total. The van der Waals surface area contributed by atoms with Crippen molar-refractivity contribution in [3.8, 4) is 5.75 Å². The molecule has 1 atom stereocenters. The summed E-state index contributed by atoms with van der Waals surface area (Å²) in [6, 6.07) is 5.06. The van der Waals surface area contributed by atoms with Crippen LogP contribution in [0.2, 0.25) is 0 Å². The Balaban J connectivity index is 3.12. The van der Waals surface area contributed by atoms with Crippen LogP contribution in [0.1, 0.15) is 52.7 Å². The van der Waals surface area contributed by atoms with Gasteiger partial charge in [0.05, 0.1) is 0 Å². The Hall–Kier alpha value is -1.55. The zero-order valence-corrected chi connectivity index (χ0v) is 13.9. The molecule has 1 aromatic carbocycles. The molecule has 0 amide bonds. The summed E-state index contributed by atoms with van der Waals surface area (Å²) in [5.41, 5.74) is 7.74. The lowest BCUT2D eigenvalue weighted by Crippen LogP contribution is -2.36. The van der Waals surface area contributed by atoms with E-state index in [0.717, 1.165) is 5.56 Å². The number of carbonyl (C=O) groups is 1. The molecule has 0 aliphatic heterocycles. The normalized spacial score (nSPS) is 13.9. The van der Waals surface area contributed by atoms with Crippen LogP contribution in [0.4, 0.5) is 0 Å². The number of hydrogen-bond acceptors (Lipinski definition) is 3. The quantitative estimate of drug-likeness (QED) is 0.895. The van der Waals surface area contributed by atoms with Gasteiger partial charge in [0.2, 0.25) is 0 Å². The highest BCUT2D eigenvalue weighted by Crippen LogP contribution is 2.35. The molecule has 0 aliphatic carbocycles. The van der Waals surface area contributed by atoms with E-state index in [9.17, 15) is 4.79 Å². The number of hydrogen-bond donors (Lipinski definition) is 2. The Kier molecular flexibility index (Phi) is 5.05. The smallest absolute Gasteiger partial charge is 0.324 e. The fourth-order valence-electron chi connectivity index (χ4n) is 1.96. The molecular formula is C17H27NO3. The highest BCUT2D eigenvalue weighted by molar-refractivity contribution is 5.73. The molecule has 4 nitrogen and oxygen atoms in total. The van der Waals surface area contributed by atoms with Gasteiger partial charge in [-0.25, -0.2) is 0 Å². The van der Waals surface area contributed by atoms with Crippen molar-refractivity contribution in [2.75, 3.05) is 6.61 Å². The molecule has 0 aromatic heterocycles. The summed E-state index contributed by atoms with van der Waals surface area (Å²) in [7, 11) is 0. The average molecular weight is 293 g/mol. The maximum Gasteiger partial charge on any atom is 0.324 e. The second kappa shape index (κ2) is 6.06. The largest absolute Gasteiger partial charge is 0.491 e. The molecule has 1 unspecified atom stereocenters. The molecule has 1 aromatic rings. The number of carboxylic acid groups (broad SMARTS) is 1. The first-order chi connectivity index (χ1) is 9.43. The third-order valence-corrected chi connectivity index (χ3v) is 3.39. The van der Waals surface area contributed by atoms with Gasteiger partial charge in [-0.15, -0.1) is 0 Å². The van der Waals surface area contributed by atoms with Crippen molar-refractivity contribution in [3.05, 3.63) is 29.3 Å². The molecule has 0 saturated carbocycles. The fraction of sp³-hybridized carbons (Fsp3) is 0.588. The molecule has 0 heterocycles. The first-order valence-corrected chi connectivity index (χ1v) is 7.19. The van der Waals surface area contributed by atoms with Gasteiger partial charge >= 0.3 is 5.97 Å². The van der Waals surface area contributed by atoms with Gasteiger partial charge in [0.25, 0.3) is 0 Å². The van der Waals surface area contributed by atoms with Crippen LogP contribution in [0.5, 0.6) is 5.75 Å². The Morgan fingerprint density at radius 1 is 1.19 bits per heavy atom. The van der Waals surface area contributed by atoms with Crippen LogP contribution in [0.3, 0.4) is 0 Å². The molecule has 0 aliphatic rings. The molecule has 0 radical (unpaired) electrons. The average Bonchev–Trinajstić information content (AvgIpc) is 2.33. The summed E-state index contributed by atoms with van der Waals surface area (Å²) in [6.45, 7) is 12.8. The Bertz CT molecular complexity index is 510. The van der Waals surface area contributed by atoms with Gasteiger partial charge in [-0.1, -0.05) is 53.7 Å². The molecular weight excluding hydrogens is 266 g/mol. The van der Waals surface area contributed by atoms with E-state index in [0.29, 0.717) is 5.75 Å². The van der Waals surface area contributed by atoms with Crippen LogP contribution in [0.25, 0.3) is 0 Å². The highest BCUT2D eigenvalue weighted by atomic mass is 16.5. The predicted molar refractivity (Wildman–Crippen MR) is 84.9 cm³/mol. The first-order valence-electron chi connectivity index (χ1n) is 7.19. The third-order valence-electron chi connectivity index (χ3n) is 3.39. The lowest BCUT2D eigenvalue weighted by molar-refractivity contribution is -0.139. The molecule has 21 heavy (non-hydrogen) atoms. The van der Waals surface area contributed by atoms with Crippen molar-refractivity contribution in [1.82, 2.24) is 0 Å². The van der Waals surface area contributed by atoms with Crippen molar-refractivity contribution >= 4 is 5.97 Å². The van der Waals surface area contributed by atoms with Gasteiger partial charge in [-0.05, 0) is 28.0 Å². The molecule has 118 valence electrons. The predicted octanol–water partition coefficient (Wildman–Crippen LogP) is 3.07. The van der Waals surface area contributed by atoms with Crippen LogP contribution in [0, 0.1) is 0 Å². The zero-order chi connectivity index (χ0) is 16.4. The van der Waals surface area contributed by atoms with Crippen molar-refractivity contribution in [3.63, 3.8) is 0 Å². The van der Waals surface area contributed by atoms with Crippen LogP contribution in [0.15, 0.2) is 18.2 Å². The topological polar surface area (TPSA) is 72.5 Å². The number of carboxylic acids is 1. The molecule has 1 rings (SSSR count). The maximum absolute atomic E-state index is 10.8. The van der Waals surface area contributed by atoms with E-state index in [1.807, 2.05) is 12.1 Å². The summed E-state index contributed by atoms with van der Waals surface area (Å²) < 4.78 is 5.65. The first kappa shape index (κ1) is 17.5. The Morgan fingerprint density at radius 2 is 1.76 bits per heavy atom. The standard InChI is InChI=1S/C17H27NO3/c1-16(2,3)11-7-8-14(12(9-11)17(4,5)6)21-10-13(18)15(19)20/h7-9,13H,10,18H2,1-6H3,(H,19,20). The van der Waals surface area contributed by atoms with Gasteiger partial charge in [0, 0.05) is 0 Å². The van der Waals surface area contributed by atoms with Crippen molar-refractivity contribution in [2.45, 2.75) is 58.4 Å². The minimum atomic E-state index is -1.06. The summed E-state index contributed by atoms with van der Waals surface area (Å²) in [4.78, 5) is 10.8. The zero-order valence-electron chi connectivity index (χ0n) is 13.9. The number of benzene rings is 1. The van der Waals surface area contributed by atoms with E-state index in [4.69, 9.17) is 15.6 Å². The molecule has 0 fully saturated rings. The van der Waals surface area contributed by atoms with Crippen LogP contribution in [-0.4, -0.2) is 23.7 Å². The monoisotopic (exact) mass is 293 g/mol. The van der Waals surface area contributed by atoms with Gasteiger partial charge in [0.1, 0.15) is 18.4 Å². The fourth-order valence-corrected chi connectivity index (χ4v) is 1.96. The summed E-state index contributed by atoms with van der Waals surface area (Å²) in [6.07, 6.45) is 0. The van der Waals surface area contributed by atoms with Crippen molar-refractivity contribution < 1.29 is 14.6 Å². The number of ether oxygens (including phenoxy) is 1. The minimum absolute atomic E-state index is 0.0344. The highest BCUT2D eigenvalue weighted by Gasteiger charge is 2.23. The van der Waals surface area contributed by atoms with Gasteiger partial charge in [0.15, 0.2) is 0 Å². The Morgan fingerprint density at radius 3 is 2.19 bits per heavy atom. The minimum Gasteiger partial charge on any atom is -0.491 e. The lowest BCUT2D eigenvalue weighted by atomic mass is 9.80. The van der Waals surface area contributed by atoms with E-state index < -0.39 is 12.0 Å². The van der Waals surface area contributed by atoms with E-state index in [2.05, 4.69) is 47.6 Å². The van der Waals surface area contributed by atoms with E-state index in [1.54, 1.807) is 0 Å². The molecule has 4 heteroatoms. The second-order valence-corrected chi connectivity index (χ2v) is 7.47. The van der Waals surface area contributed by atoms with Gasteiger partial charge in [-0.2, -0.15) is 0 Å². The lowest BCUT2D eigenvalue weighted by Gasteiger charge is -2.27. The summed E-state index contributed by atoms with van der Waals surface area (Å²) in [5.74, 6) is -0.356. The van der Waals surface area contributed by atoms with Crippen LogP contribution >= 0.6 is 0 Å². The molecule has 0 spiro atoms. The number of nitrogens with two attached hydrogens (primary N) is 1. The Labute approximate surface area is 127 Å². The van der Waals surface area contributed by atoms with Crippen LogP contribution < -0.4 is 10.5 Å². The third kappa shape index (κ3) is 4.74. The van der Waals surface area contributed by atoms with E-state index >= 15 is 0 Å². The van der Waals surface area contributed by atoms with Crippen molar-refractivity contribution in [1.29, 1.82) is 0 Å². The van der Waals surface area contributed by atoms with E-state index in [1.165, 1.54) is 5.56 Å². The van der Waals surface area contributed by atoms with E-state index in [-0.39, 0.29) is 17.4 Å². The SMILES string of the molecule is CC(C)(C)c1ccc(OCC(N)C(=O)O)c(C(C)(C)C)c1. The summed E-state index contributed by atoms with van der Waals surface area (Å²) in [5, 5.41) is 8.83. The van der Waals surface area contributed by atoms with Gasteiger partial charge in [-0.3, -0.25) is 4.79 Å². The van der Waals surface area contributed by atoms with Gasteiger partial charge < -0.3 is 15.6 Å². The second-order valence-electron chi connectivity index (χ2n) is 7.47. The van der Waals surface area contributed by atoms with Crippen LogP contribution in [-0.2, 0) is 15.6 Å². The number of aliphatic carboxylic acids is 1.